The van der Waals surface area contributed by atoms with Crippen LogP contribution in [0.15, 0.2) is 54.6 Å². The first-order valence-electron chi connectivity index (χ1n) is 20.1. The molecule has 3 aliphatic rings. The Bertz CT molecular complexity index is 1670. The lowest BCUT2D eigenvalue weighted by atomic mass is 9.97. The second-order valence-electron chi connectivity index (χ2n) is 15.0. The number of amides is 2. The Morgan fingerprint density at radius 3 is 2.31 bits per heavy atom. The van der Waals surface area contributed by atoms with Crippen molar-refractivity contribution in [3.05, 3.63) is 65.7 Å². The first-order chi connectivity index (χ1) is 28.2. The fraction of sp³-hybridized carbons (Fsp3) is 0.610. The molecule has 2 aromatic carbocycles. The minimum Gasteiger partial charge on any atom is -0.462 e. The first kappa shape index (κ1) is 45.8. The Morgan fingerprint density at radius 1 is 0.881 bits per heavy atom. The lowest BCUT2D eigenvalue weighted by Gasteiger charge is -2.45. The highest BCUT2D eigenvalue weighted by atomic mass is 16.8. The second-order valence-corrected chi connectivity index (χ2v) is 15.0. The Hall–Kier alpha value is -4.24. The molecule has 0 unspecified atom stereocenters. The van der Waals surface area contributed by atoms with Crippen LogP contribution in [0, 0.1) is 0 Å². The van der Waals surface area contributed by atoms with Crippen molar-refractivity contribution in [1.29, 1.82) is 0 Å². The van der Waals surface area contributed by atoms with Crippen molar-refractivity contribution in [2.75, 3.05) is 32.8 Å². The van der Waals surface area contributed by atoms with E-state index >= 15 is 0 Å². The summed E-state index contributed by atoms with van der Waals surface area (Å²) in [6, 6.07) is 14.3. The Morgan fingerprint density at radius 2 is 1.61 bits per heavy atom. The van der Waals surface area contributed by atoms with Gasteiger partial charge in [0.05, 0.1) is 18.2 Å². The number of nitrogens with one attached hydrogen (secondary N) is 2. The van der Waals surface area contributed by atoms with Crippen molar-refractivity contribution in [1.82, 2.24) is 15.5 Å². The molecule has 12 atom stereocenters. The molecule has 326 valence electrons. The molecule has 2 amide bonds. The highest BCUT2D eigenvalue weighted by molar-refractivity contribution is 5.89. The zero-order chi connectivity index (χ0) is 42.6. The molecule has 18 nitrogen and oxygen atoms in total. The SMILES string of the molecule is CCCC(=O)N1CCCNC(=O)C[C@H](c2ccc(O[C@@H]3O[C@@H](C)[C@H](O)[C@@H](O)[C@H]3O[C@@H]3O[C@H](COC(=O)c4ccccc4)[C@H](O)[C@H](O)[C@H]3O)cc2)NCC[C@H](OC(C)=O)C1. The average molecular weight is 832 g/mol. The van der Waals surface area contributed by atoms with E-state index in [-0.39, 0.29) is 36.1 Å². The number of esters is 2. The van der Waals surface area contributed by atoms with E-state index in [0.29, 0.717) is 45.3 Å². The van der Waals surface area contributed by atoms with Gasteiger partial charge in [0.2, 0.25) is 18.1 Å². The lowest BCUT2D eigenvalue weighted by molar-refractivity contribution is -0.355. The molecule has 18 heteroatoms. The van der Waals surface area contributed by atoms with Gasteiger partial charge in [0, 0.05) is 38.9 Å². The summed E-state index contributed by atoms with van der Waals surface area (Å²) in [5.74, 6) is -1.17. The number of ether oxygens (including phenoxy) is 6. The normalized spacial score (nSPS) is 32.3. The van der Waals surface area contributed by atoms with E-state index in [0.717, 1.165) is 5.56 Å². The third kappa shape index (κ3) is 12.6. The van der Waals surface area contributed by atoms with Gasteiger partial charge < -0.3 is 69.5 Å². The number of benzene rings is 2. The fourth-order valence-electron chi connectivity index (χ4n) is 7.13. The van der Waals surface area contributed by atoms with Crippen molar-refractivity contribution < 1.29 is 73.1 Å². The summed E-state index contributed by atoms with van der Waals surface area (Å²) < 4.78 is 34.5. The van der Waals surface area contributed by atoms with Crippen molar-refractivity contribution in [3.8, 4) is 5.75 Å². The standard InChI is InChI=1S/C41H57N3O15/c1-4-9-32(47)44-19-8-17-43-31(46)20-29(42-18-16-28(21-44)56-24(3)45)25-12-14-27(15-13-25)57-41-38(36(51)33(48)23(2)55-41)59-40-37(52)35(50)34(49)30(58-40)22-54-39(53)26-10-6-5-7-11-26/h5-7,10-15,23,28-30,33-38,40-42,48-52H,4,8-9,16-22H2,1-3H3,(H,43,46)/t23-,28-,29+,30+,33-,34-,35-,36+,37+,38+,40-,41-/m0/s1. The van der Waals surface area contributed by atoms with Crippen molar-refractivity contribution >= 4 is 23.8 Å². The van der Waals surface area contributed by atoms with E-state index < -0.39 is 92.1 Å². The van der Waals surface area contributed by atoms with Gasteiger partial charge >= 0.3 is 11.9 Å². The van der Waals surface area contributed by atoms with Gasteiger partial charge in [-0.2, -0.15) is 0 Å². The van der Waals surface area contributed by atoms with Crippen LogP contribution in [0.25, 0.3) is 0 Å². The summed E-state index contributed by atoms with van der Waals surface area (Å²) in [6.07, 6.45) is -13.8. The van der Waals surface area contributed by atoms with Gasteiger partial charge in [-0.1, -0.05) is 37.3 Å². The molecule has 0 saturated carbocycles. The van der Waals surface area contributed by atoms with Crippen LogP contribution in [0.2, 0.25) is 0 Å². The topological polar surface area (TPSA) is 252 Å². The average Bonchev–Trinajstić information content (AvgIpc) is 3.23. The number of aliphatic hydroxyl groups excluding tert-OH is 5. The summed E-state index contributed by atoms with van der Waals surface area (Å²) in [5.41, 5.74) is 0.962. The van der Waals surface area contributed by atoms with Crippen LogP contribution >= 0.6 is 0 Å². The summed E-state index contributed by atoms with van der Waals surface area (Å²) in [6.45, 7) is 5.59. The molecule has 3 aliphatic heterocycles. The highest BCUT2D eigenvalue weighted by Gasteiger charge is 2.51. The molecule has 59 heavy (non-hydrogen) atoms. The summed E-state index contributed by atoms with van der Waals surface area (Å²) in [4.78, 5) is 52.0. The van der Waals surface area contributed by atoms with Crippen LogP contribution in [-0.2, 0) is 38.1 Å². The molecular weight excluding hydrogens is 774 g/mol. The maximum Gasteiger partial charge on any atom is 0.338 e. The largest absolute Gasteiger partial charge is 0.462 e. The summed E-state index contributed by atoms with van der Waals surface area (Å²) >= 11 is 0. The van der Waals surface area contributed by atoms with Gasteiger partial charge in [0.1, 0.15) is 55.1 Å². The number of rotatable bonds is 11. The highest BCUT2D eigenvalue weighted by Crippen LogP contribution is 2.31. The van der Waals surface area contributed by atoms with Gasteiger partial charge in [0.25, 0.3) is 0 Å². The monoisotopic (exact) mass is 831 g/mol. The molecule has 5 rings (SSSR count). The van der Waals surface area contributed by atoms with Crippen LogP contribution in [0.5, 0.6) is 5.75 Å². The van der Waals surface area contributed by atoms with Crippen LogP contribution in [0.3, 0.4) is 0 Å². The summed E-state index contributed by atoms with van der Waals surface area (Å²) in [7, 11) is 0. The van der Waals surface area contributed by atoms with E-state index in [1.807, 2.05) is 6.92 Å². The smallest absolute Gasteiger partial charge is 0.338 e. The van der Waals surface area contributed by atoms with E-state index in [1.165, 1.54) is 26.0 Å². The van der Waals surface area contributed by atoms with Gasteiger partial charge in [-0.3, -0.25) is 14.4 Å². The predicted octanol–water partition coefficient (Wildman–Crippen LogP) is 0.0730. The number of carbonyl (C=O) groups is 4. The van der Waals surface area contributed by atoms with Crippen molar-refractivity contribution in [2.45, 2.75) is 126 Å². The minimum absolute atomic E-state index is 0.0400. The maximum absolute atomic E-state index is 13.0. The molecule has 3 heterocycles. The van der Waals surface area contributed by atoms with Crippen LogP contribution in [0.1, 0.15) is 74.8 Å². The minimum atomic E-state index is -1.83. The number of nitrogens with zero attached hydrogens (tertiary/aromatic N) is 1. The second kappa shape index (κ2) is 21.8. The molecule has 0 aliphatic carbocycles. The zero-order valence-corrected chi connectivity index (χ0v) is 33.5. The van der Waals surface area contributed by atoms with E-state index in [1.54, 1.807) is 47.4 Å². The van der Waals surface area contributed by atoms with E-state index in [2.05, 4.69) is 10.6 Å². The first-order valence-corrected chi connectivity index (χ1v) is 20.1. The molecule has 3 saturated heterocycles. The van der Waals surface area contributed by atoms with Crippen LogP contribution < -0.4 is 15.4 Å². The van der Waals surface area contributed by atoms with E-state index in [9.17, 15) is 44.7 Å². The van der Waals surface area contributed by atoms with Gasteiger partial charge in [-0.05, 0) is 62.6 Å². The molecule has 0 aromatic heterocycles. The van der Waals surface area contributed by atoms with Crippen molar-refractivity contribution in [2.24, 2.45) is 0 Å². The van der Waals surface area contributed by atoms with E-state index in [4.69, 9.17) is 28.4 Å². The molecular formula is C41H57N3O15. The molecule has 0 spiro atoms. The predicted molar refractivity (Wildman–Crippen MR) is 206 cm³/mol. The maximum atomic E-state index is 13.0. The van der Waals surface area contributed by atoms with Crippen molar-refractivity contribution in [3.63, 3.8) is 0 Å². The Kier molecular flexibility index (Phi) is 17.0. The number of hydrogen-bond donors (Lipinski definition) is 7. The quantitative estimate of drug-likeness (QED) is 0.148. The summed E-state index contributed by atoms with van der Waals surface area (Å²) in [5, 5.41) is 60.2. The van der Waals surface area contributed by atoms with Gasteiger partial charge in [-0.15, -0.1) is 0 Å². The van der Waals surface area contributed by atoms with Crippen LogP contribution in [0.4, 0.5) is 0 Å². The number of carbonyl (C=O) groups excluding carboxylic acids is 4. The Balaban J connectivity index is 1.26. The molecule has 7 N–H and O–H groups in total. The lowest BCUT2D eigenvalue weighted by Crippen LogP contribution is -2.64. The zero-order valence-electron chi connectivity index (χ0n) is 33.5. The molecule has 0 bridgehead atoms. The molecule has 0 radical (unpaired) electrons. The van der Waals surface area contributed by atoms with Gasteiger partial charge in [0.15, 0.2) is 12.4 Å². The van der Waals surface area contributed by atoms with Crippen LogP contribution in [-0.4, -0.2) is 154 Å². The molecule has 3 fully saturated rings. The fourth-order valence-corrected chi connectivity index (χ4v) is 7.13. The van der Waals surface area contributed by atoms with Gasteiger partial charge in [-0.25, -0.2) is 4.79 Å². The Labute approximate surface area is 342 Å². The number of hydrogen-bond acceptors (Lipinski definition) is 16. The molecule has 2 aromatic rings. The third-order valence-corrected chi connectivity index (χ3v) is 10.4. The number of aliphatic hydroxyl groups is 5. The third-order valence-electron chi connectivity index (χ3n) is 10.4.